The number of carbonyl (C=O) groups excluding carboxylic acids is 1. The zero-order valence-corrected chi connectivity index (χ0v) is 10.6. The highest BCUT2D eigenvalue weighted by atomic mass is 16.5. The van der Waals surface area contributed by atoms with Crippen molar-refractivity contribution >= 4 is 11.9 Å². The molecule has 1 N–H and O–H groups in total. The van der Waals surface area contributed by atoms with Gasteiger partial charge in [-0.15, -0.1) is 0 Å². The first-order valence-corrected chi connectivity index (χ1v) is 6.28. The normalized spacial score (nSPS) is 14.1. The van der Waals surface area contributed by atoms with Crippen molar-refractivity contribution in [1.82, 2.24) is 10.3 Å². The summed E-state index contributed by atoms with van der Waals surface area (Å²) in [6, 6.07) is 5.76. The second kappa shape index (κ2) is 6.23. The Morgan fingerprint density at radius 1 is 1.56 bits per heavy atom. The topological polar surface area (TPSA) is 54.5 Å². The van der Waals surface area contributed by atoms with E-state index in [2.05, 4.69) is 10.3 Å². The number of nitrogens with zero attached hydrogens (tertiary/aromatic N) is 2. The van der Waals surface area contributed by atoms with Crippen LogP contribution in [0.1, 0.15) is 12.8 Å². The molecule has 2 rings (SSSR count). The van der Waals surface area contributed by atoms with Gasteiger partial charge in [0, 0.05) is 26.3 Å². The molecule has 98 valence electrons. The van der Waals surface area contributed by atoms with Gasteiger partial charge in [0.05, 0.1) is 6.61 Å². The summed E-state index contributed by atoms with van der Waals surface area (Å²) in [5.74, 6) is 1.50. The van der Waals surface area contributed by atoms with E-state index in [1.165, 1.54) is 12.8 Å². The number of hydrogen-bond acceptors (Lipinski definition) is 4. The first-order valence-electron chi connectivity index (χ1n) is 6.28. The Bertz CT molecular complexity index is 379. The van der Waals surface area contributed by atoms with Gasteiger partial charge in [0.25, 0.3) is 0 Å². The van der Waals surface area contributed by atoms with E-state index in [0.29, 0.717) is 25.6 Å². The molecule has 0 radical (unpaired) electrons. The third-order valence-electron chi connectivity index (χ3n) is 2.90. The minimum absolute atomic E-state index is 0.323. The summed E-state index contributed by atoms with van der Waals surface area (Å²) >= 11 is 0. The Labute approximate surface area is 107 Å². The highest BCUT2D eigenvalue weighted by Crippen LogP contribution is 2.28. The average Bonchev–Trinajstić information content (AvgIpc) is 3.21. The van der Waals surface area contributed by atoms with Crippen LogP contribution in [0, 0.1) is 5.92 Å². The molecule has 1 aliphatic carbocycles. The van der Waals surface area contributed by atoms with Gasteiger partial charge in [-0.2, -0.15) is 0 Å². The molecule has 1 fully saturated rings. The number of anilines is 1. The zero-order valence-electron chi connectivity index (χ0n) is 10.6. The summed E-state index contributed by atoms with van der Waals surface area (Å²) in [5, 5.41) is 2.74. The minimum atomic E-state index is -0.323. The maximum Gasteiger partial charge on any atom is 0.407 e. The van der Waals surface area contributed by atoms with E-state index in [4.69, 9.17) is 4.74 Å². The number of aromatic nitrogens is 1. The molecule has 0 saturated heterocycles. The van der Waals surface area contributed by atoms with E-state index < -0.39 is 0 Å². The summed E-state index contributed by atoms with van der Waals surface area (Å²) in [6.07, 6.45) is 3.81. The second-order valence-corrected chi connectivity index (χ2v) is 4.58. The van der Waals surface area contributed by atoms with Crippen LogP contribution >= 0.6 is 0 Å². The standard InChI is InChI=1S/C13H19N3O2/c1-16(12-4-2-3-7-14-12)9-8-15-13(17)18-10-11-5-6-11/h2-4,7,11H,5-6,8-10H2,1H3,(H,15,17). The lowest BCUT2D eigenvalue weighted by Crippen LogP contribution is -2.33. The molecule has 1 saturated carbocycles. The van der Waals surface area contributed by atoms with Crippen LogP contribution in [-0.2, 0) is 4.74 Å². The number of pyridine rings is 1. The van der Waals surface area contributed by atoms with Crippen LogP contribution in [0.4, 0.5) is 10.6 Å². The summed E-state index contributed by atoms with van der Waals surface area (Å²) in [6.45, 7) is 1.81. The van der Waals surface area contributed by atoms with Gasteiger partial charge in [0.15, 0.2) is 0 Å². The number of likely N-dealkylation sites (N-methyl/N-ethyl adjacent to an activating group) is 1. The quantitative estimate of drug-likeness (QED) is 0.833. The number of rotatable bonds is 6. The molecular weight excluding hydrogens is 230 g/mol. The number of amides is 1. The molecular formula is C13H19N3O2. The Hall–Kier alpha value is -1.78. The summed E-state index contributed by atoms with van der Waals surface area (Å²) < 4.78 is 5.07. The summed E-state index contributed by atoms with van der Waals surface area (Å²) in [7, 11) is 1.94. The molecule has 0 spiro atoms. The van der Waals surface area contributed by atoms with Crippen LogP contribution in [0.3, 0.4) is 0 Å². The molecule has 0 aromatic carbocycles. The Balaban J connectivity index is 1.60. The van der Waals surface area contributed by atoms with Crippen molar-refractivity contribution in [3.05, 3.63) is 24.4 Å². The lowest BCUT2D eigenvalue weighted by Gasteiger charge is -2.17. The van der Waals surface area contributed by atoms with Crippen molar-refractivity contribution < 1.29 is 9.53 Å². The van der Waals surface area contributed by atoms with Gasteiger partial charge < -0.3 is 15.0 Å². The lowest BCUT2D eigenvalue weighted by molar-refractivity contribution is 0.141. The Kier molecular flexibility index (Phi) is 4.39. The predicted molar refractivity (Wildman–Crippen MR) is 69.6 cm³/mol. The van der Waals surface area contributed by atoms with Crippen LogP contribution in [0.2, 0.25) is 0 Å². The van der Waals surface area contributed by atoms with E-state index in [9.17, 15) is 4.79 Å². The second-order valence-electron chi connectivity index (χ2n) is 4.58. The van der Waals surface area contributed by atoms with Gasteiger partial charge >= 0.3 is 6.09 Å². The molecule has 5 nitrogen and oxygen atoms in total. The monoisotopic (exact) mass is 249 g/mol. The summed E-state index contributed by atoms with van der Waals surface area (Å²) in [4.78, 5) is 17.5. The van der Waals surface area contributed by atoms with Crippen molar-refractivity contribution in [2.75, 3.05) is 31.6 Å². The van der Waals surface area contributed by atoms with Gasteiger partial charge in [0.1, 0.15) is 5.82 Å². The van der Waals surface area contributed by atoms with Crippen LogP contribution in [0.25, 0.3) is 0 Å². The number of hydrogen-bond donors (Lipinski definition) is 1. The molecule has 0 unspecified atom stereocenters. The molecule has 1 amide bonds. The van der Waals surface area contributed by atoms with E-state index in [0.717, 1.165) is 5.82 Å². The van der Waals surface area contributed by atoms with Crippen molar-refractivity contribution in [3.63, 3.8) is 0 Å². The largest absolute Gasteiger partial charge is 0.449 e. The van der Waals surface area contributed by atoms with Gasteiger partial charge in [-0.05, 0) is 30.9 Å². The molecule has 1 aliphatic rings. The molecule has 1 aromatic rings. The SMILES string of the molecule is CN(CCNC(=O)OCC1CC1)c1ccccn1. The average molecular weight is 249 g/mol. The molecule has 0 aliphatic heterocycles. The van der Waals surface area contributed by atoms with Gasteiger partial charge in [0.2, 0.25) is 0 Å². The van der Waals surface area contributed by atoms with Gasteiger partial charge in [-0.25, -0.2) is 9.78 Å². The number of carbonyl (C=O) groups is 1. The number of alkyl carbamates (subject to hydrolysis) is 1. The Morgan fingerprint density at radius 2 is 2.39 bits per heavy atom. The summed E-state index contributed by atoms with van der Waals surface area (Å²) in [5.41, 5.74) is 0. The maximum atomic E-state index is 11.3. The van der Waals surface area contributed by atoms with Crippen LogP contribution in [0.15, 0.2) is 24.4 Å². The third kappa shape index (κ3) is 4.24. The molecule has 0 atom stereocenters. The van der Waals surface area contributed by atoms with Crippen molar-refractivity contribution in [2.45, 2.75) is 12.8 Å². The van der Waals surface area contributed by atoms with Crippen LogP contribution < -0.4 is 10.2 Å². The molecule has 5 heteroatoms. The number of nitrogens with one attached hydrogen (secondary N) is 1. The Morgan fingerprint density at radius 3 is 3.06 bits per heavy atom. The van der Waals surface area contributed by atoms with Crippen molar-refractivity contribution in [3.8, 4) is 0 Å². The van der Waals surface area contributed by atoms with Crippen LogP contribution in [-0.4, -0.2) is 37.8 Å². The van der Waals surface area contributed by atoms with Crippen molar-refractivity contribution in [2.24, 2.45) is 5.92 Å². The van der Waals surface area contributed by atoms with E-state index in [-0.39, 0.29) is 6.09 Å². The van der Waals surface area contributed by atoms with E-state index >= 15 is 0 Å². The van der Waals surface area contributed by atoms with E-state index in [1.54, 1.807) is 6.20 Å². The zero-order chi connectivity index (χ0) is 12.8. The number of ether oxygens (including phenoxy) is 1. The molecule has 1 aromatic heterocycles. The first-order chi connectivity index (χ1) is 8.75. The molecule has 18 heavy (non-hydrogen) atoms. The first kappa shape index (κ1) is 12.7. The highest BCUT2D eigenvalue weighted by Gasteiger charge is 2.22. The van der Waals surface area contributed by atoms with E-state index in [1.807, 2.05) is 30.1 Å². The van der Waals surface area contributed by atoms with Gasteiger partial charge in [-0.1, -0.05) is 6.07 Å². The highest BCUT2D eigenvalue weighted by molar-refractivity contribution is 5.67. The molecule has 1 heterocycles. The third-order valence-corrected chi connectivity index (χ3v) is 2.90. The smallest absolute Gasteiger partial charge is 0.407 e. The fourth-order valence-electron chi connectivity index (χ4n) is 1.55. The van der Waals surface area contributed by atoms with Crippen LogP contribution in [0.5, 0.6) is 0 Å². The minimum Gasteiger partial charge on any atom is -0.449 e. The van der Waals surface area contributed by atoms with Gasteiger partial charge in [-0.3, -0.25) is 0 Å². The maximum absolute atomic E-state index is 11.3. The molecule has 0 bridgehead atoms. The predicted octanol–water partition coefficient (Wildman–Crippen LogP) is 1.65. The fraction of sp³-hybridized carbons (Fsp3) is 0.538. The fourth-order valence-corrected chi connectivity index (χ4v) is 1.55. The van der Waals surface area contributed by atoms with Crippen molar-refractivity contribution in [1.29, 1.82) is 0 Å². The lowest BCUT2D eigenvalue weighted by atomic mass is 10.4.